The quantitative estimate of drug-likeness (QED) is 0.0661. The minimum absolute atomic E-state index is 0.331. The molecule has 2 heterocycles. The summed E-state index contributed by atoms with van der Waals surface area (Å²) in [4.78, 5) is 5.02. The molecule has 4 rings (SSSR count). The van der Waals surface area contributed by atoms with Crippen LogP contribution in [-0.2, 0) is 38.8 Å². The van der Waals surface area contributed by atoms with Gasteiger partial charge in [0.1, 0.15) is 14.2 Å². The summed E-state index contributed by atoms with van der Waals surface area (Å²) in [6.07, 6.45) is 7.90. The molecule has 0 aliphatic heterocycles. The van der Waals surface area contributed by atoms with Gasteiger partial charge >= 0.3 is 82.4 Å². The van der Waals surface area contributed by atoms with Crippen LogP contribution in [0.3, 0.4) is 0 Å². The molecule has 0 bridgehead atoms. The van der Waals surface area contributed by atoms with Crippen LogP contribution in [0.25, 0.3) is 22.3 Å². The summed E-state index contributed by atoms with van der Waals surface area (Å²) in [6.45, 7) is 14.0. The molecule has 0 N–H and O–H groups in total. The monoisotopic (exact) mass is 995 g/mol. The Morgan fingerprint density at radius 3 is 0.968 bits per heavy atom. The molecule has 0 amide bonds. The number of hydrogen-bond donors (Lipinski definition) is 0. The average Bonchev–Trinajstić information content (AvgIpc) is 3.15. The Morgan fingerprint density at radius 2 is 0.726 bits per heavy atom. The molecule has 62 heavy (non-hydrogen) atoms. The van der Waals surface area contributed by atoms with Crippen molar-refractivity contribution in [3.05, 3.63) is 110 Å². The second-order valence-corrected chi connectivity index (χ2v) is 18.1. The molecule has 0 saturated carbocycles. The van der Waals surface area contributed by atoms with Crippen molar-refractivity contribution in [1.29, 1.82) is 0 Å². The number of halogens is 12. The van der Waals surface area contributed by atoms with Gasteiger partial charge in [0.2, 0.25) is 12.4 Å². The van der Waals surface area contributed by atoms with Crippen molar-refractivity contribution >= 4 is 32.0 Å². The van der Waals surface area contributed by atoms with E-state index in [2.05, 4.69) is 60.9 Å². The molecule has 2 aromatic heterocycles. The van der Waals surface area contributed by atoms with Crippen molar-refractivity contribution in [2.24, 2.45) is 7.05 Å². The van der Waals surface area contributed by atoms with Gasteiger partial charge in [-0.25, -0.2) is 9.13 Å². The van der Waals surface area contributed by atoms with E-state index < -0.39 is 32.0 Å². The normalized spacial score (nSPS) is 13.4. The zero-order chi connectivity index (χ0) is 48.3. The number of benzene rings is 2. The second kappa shape index (κ2) is 26.1. The molecule has 0 radical (unpaired) electrons. The van der Waals surface area contributed by atoms with E-state index in [4.69, 9.17) is 32.0 Å². The van der Waals surface area contributed by atoms with Crippen LogP contribution in [-0.4, -0.2) is 46.8 Å². The van der Waals surface area contributed by atoms with Crippen LogP contribution in [0, 0.1) is 0 Å². The van der Waals surface area contributed by atoms with E-state index in [0.29, 0.717) is 39.6 Å². The first-order chi connectivity index (χ1) is 28.2. The summed E-state index contributed by atoms with van der Waals surface area (Å²) in [5, 5.41) is 0. The van der Waals surface area contributed by atoms with E-state index in [-0.39, 0.29) is 0 Å². The maximum absolute atomic E-state index is 11.3. The number of phosphoric acid groups is 1. The summed E-state index contributed by atoms with van der Waals surface area (Å²) in [7, 11) is -22.3. The third-order valence-corrected chi connectivity index (χ3v) is 9.15. The number of aryl methyl sites for hydroxylation is 1. The van der Waals surface area contributed by atoms with Crippen molar-refractivity contribution in [3.8, 4) is 22.3 Å². The summed E-state index contributed by atoms with van der Waals surface area (Å²) in [5.41, 5.74) is 4.94. The Hall–Kier alpha value is -3.02. The Kier molecular flexibility index (Phi) is 25.7. The van der Waals surface area contributed by atoms with Gasteiger partial charge in [-0.2, -0.15) is 13.6 Å². The number of aromatic nitrogens is 2. The third-order valence-electron chi connectivity index (χ3n) is 5.85. The van der Waals surface area contributed by atoms with Crippen molar-refractivity contribution in [2.45, 2.75) is 41.5 Å². The molecule has 0 aliphatic carbocycles. The molecule has 10 nitrogen and oxygen atoms in total. The van der Waals surface area contributed by atoms with E-state index in [0.717, 1.165) is 0 Å². The Morgan fingerprint density at radius 1 is 0.468 bits per heavy atom. The van der Waals surface area contributed by atoms with Gasteiger partial charge in [0.15, 0.2) is 12.4 Å². The number of phosphoric ester groups is 1. The Labute approximate surface area is 355 Å². The van der Waals surface area contributed by atoms with Crippen LogP contribution in [0.1, 0.15) is 41.5 Å². The predicted octanol–water partition coefficient (Wildman–Crippen LogP) is 14.9. The predicted molar refractivity (Wildman–Crippen MR) is 220 cm³/mol. The topological polar surface area (TPSA) is 89.4 Å². The first-order valence-electron chi connectivity index (χ1n) is 18.2. The Balaban J connectivity index is 0. The van der Waals surface area contributed by atoms with Crippen LogP contribution < -0.4 is 14.1 Å². The molecule has 2 aromatic carbocycles. The summed E-state index contributed by atoms with van der Waals surface area (Å²) in [5.74, 6) is 0. The molecule has 0 saturated heterocycles. The van der Waals surface area contributed by atoms with E-state index in [1.54, 1.807) is 32.6 Å². The molecule has 360 valence electrons. The van der Waals surface area contributed by atoms with Crippen LogP contribution in [0.2, 0.25) is 0 Å². The third kappa shape index (κ3) is 43.6. The Bertz CT molecular complexity index is 1740. The van der Waals surface area contributed by atoms with E-state index >= 15 is 0 Å². The van der Waals surface area contributed by atoms with Crippen LogP contribution in [0.15, 0.2) is 110 Å². The van der Waals surface area contributed by atoms with Crippen molar-refractivity contribution in [3.63, 3.8) is 0 Å². The first-order valence-corrected chi connectivity index (χ1v) is 25.0. The average molecular weight is 996 g/mol. The molecule has 0 unspecified atom stereocenters. The van der Waals surface area contributed by atoms with Gasteiger partial charge < -0.3 is 0 Å². The number of hydrogen-bond acceptors (Lipinski definition) is 8. The molecule has 0 fully saturated rings. The zero-order valence-corrected chi connectivity index (χ0v) is 38.9. The van der Waals surface area contributed by atoms with E-state index in [1.165, 1.54) is 22.3 Å². The van der Waals surface area contributed by atoms with Crippen LogP contribution >= 0.6 is 32.0 Å². The van der Waals surface area contributed by atoms with Crippen LogP contribution in [0.4, 0.5) is 50.4 Å². The maximum atomic E-state index is 11.3. The van der Waals surface area contributed by atoms with Gasteiger partial charge in [-0.1, -0.05) is 60.7 Å². The van der Waals surface area contributed by atoms with E-state index in [1.807, 2.05) is 81.2 Å². The van der Waals surface area contributed by atoms with Gasteiger partial charge in [0, 0.05) is 29.0 Å². The zero-order valence-electron chi connectivity index (χ0n) is 35.2. The molecular formula is C36H55F12N2O8P4+. The SMILES string of the molecule is CCOP(=O)(OCC)OCC.CCO[PH+](OCC)OCC.CO[n+]1ccc(-c2ccccc2)cc1.C[n+]1ccc(-c2ccccc2)cc1.F[P-](F)(F)(F)(F)F.F[P-](F)(F)(F)(F)F. The second-order valence-electron chi connectivity index (χ2n) is 11.3. The van der Waals surface area contributed by atoms with Gasteiger partial charge in [0.05, 0.1) is 39.6 Å². The summed E-state index contributed by atoms with van der Waals surface area (Å²) >= 11 is 0. The molecule has 0 spiro atoms. The first kappa shape index (κ1) is 61.1. The van der Waals surface area contributed by atoms with Crippen molar-refractivity contribution in [1.82, 2.24) is 0 Å². The van der Waals surface area contributed by atoms with Crippen molar-refractivity contribution in [2.75, 3.05) is 46.8 Å². The fourth-order valence-corrected chi connectivity index (χ4v) is 5.88. The van der Waals surface area contributed by atoms with Crippen molar-refractivity contribution < 1.29 is 96.2 Å². The molecular weight excluding hydrogens is 940 g/mol. The minimum atomic E-state index is -10.7. The summed E-state index contributed by atoms with van der Waals surface area (Å²) < 4.78 is 163. The van der Waals surface area contributed by atoms with Gasteiger partial charge in [-0.15, -0.1) is 0 Å². The fraction of sp³-hybridized carbons (Fsp3) is 0.389. The molecule has 26 heteroatoms. The number of rotatable bonds is 15. The number of nitrogens with zero attached hydrogens (tertiary/aromatic N) is 2. The van der Waals surface area contributed by atoms with Gasteiger partial charge in [-0.05, 0) is 63.8 Å². The van der Waals surface area contributed by atoms with E-state index in [9.17, 15) is 54.9 Å². The molecule has 0 aliphatic rings. The summed E-state index contributed by atoms with van der Waals surface area (Å²) in [6, 6.07) is 28.9. The number of pyridine rings is 2. The van der Waals surface area contributed by atoms with Crippen LogP contribution in [0.5, 0.6) is 0 Å². The fourth-order valence-electron chi connectivity index (χ4n) is 3.75. The van der Waals surface area contributed by atoms with Gasteiger partial charge in [-0.3, -0.25) is 18.4 Å². The standard InChI is InChI=1S/C12H12NO.C12H12N.C6H15O4P.C6H16O3P.2F6P/c1-14-13-9-7-12(8-10-13)11-5-3-2-4-6-11;1-13-9-7-12(8-10-13)11-5-3-2-4-6-11;1-4-8-11(7,9-5-2)10-6-3;1-4-7-10(8-5-2)9-6-3;2*1-7(2,3,4,5)6/h2-10H,1H3;2-10H,1H3;4-6H2,1-3H3;10H,4-6H2,1-3H3;;/q2*+1;;+1;2*-1. The molecule has 0 atom stereocenters. The molecule has 4 aromatic rings. The van der Waals surface area contributed by atoms with Gasteiger partial charge in [0.25, 0.3) is 0 Å².